The number of aromatic nitrogens is 4. The third kappa shape index (κ3) is 4.28. The van der Waals surface area contributed by atoms with Crippen molar-refractivity contribution in [3.63, 3.8) is 0 Å². The molecule has 9 nitrogen and oxygen atoms in total. The number of anilines is 1. The van der Waals surface area contributed by atoms with Crippen molar-refractivity contribution in [3.8, 4) is 0 Å². The van der Waals surface area contributed by atoms with Crippen LogP contribution in [0.3, 0.4) is 0 Å². The Kier molecular flexibility index (Phi) is 5.67. The fourth-order valence-corrected chi connectivity index (χ4v) is 2.99. The van der Waals surface area contributed by atoms with Crippen LogP contribution in [0.15, 0.2) is 22.9 Å². The summed E-state index contributed by atoms with van der Waals surface area (Å²) in [7, 11) is 1.59. The van der Waals surface area contributed by atoms with Crippen molar-refractivity contribution >= 4 is 28.7 Å². The van der Waals surface area contributed by atoms with Crippen LogP contribution in [0.1, 0.15) is 61.5 Å². The molecule has 0 unspecified atom stereocenters. The van der Waals surface area contributed by atoms with E-state index in [1.54, 1.807) is 37.0 Å². The van der Waals surface area contributed by atoms with Crippen molar-refractivity contribution in [2.45, 2.75) is 46.6 Å². The van der Waals surface area contributed by atoms with Crippen LogP contribution in [-0.4, -0.2) is 50.2 Å². The van der Waals surface area contributed by atoms with Crippen molar-refractivity contribution < 1.29 is 14.1 Å². The Balaban J connectivity index is 1.88. The summed E-state index contributed by atoms with van der Waals surface area (Å²) in [6, 6.07) is 3.51. The van der Waals surface area contributed by atoms with Crippen molar-refractivity contribution in [1.82, 2.24) is 24.8 Å². The predicted molar refractivity (Wildman–Crippen MR) is 109 cm³/mol. The molecule has 0 radical (unpaired) electrons. The Morgan fingerprint density at radius 3 is 2.55 bits per heavy atom. The number of amides is 2. The number of carbonyl (C=O) groups excluding carboxylic acids is 2. The average Bonchev–Trinajstić information content (AvgIpc) is 3.25. The standard InChI is InChI=1S/C20H26N6O3/c1-11(2)16-8-14(15-9-21-26(12(3)4)19(15)22-16)20(28)25(6)10-18(27)23-17-7-13(5)29-24-17/h7-9,11-12H,10H2,1-6H3,(H,23,24,27). The first-order chi connectivity index (χ1) is 13.7. The summed E-state index contributed by atoms with van der Waals surface area (Å²) >= 11 is 0. The lowest BCUT2D eigenvalue weighted by atomic mass is 10.0. The van der Waals surface area contributed by atoms with E-state index in [4.69, 9.17) is 9.51 Å². The van der Waals surface area contributed by atoms with E-state index >= 15 is 0 Å². The van der Waals surface area contributed by atoms with Crippen LogP contribution in [0, 0.1) is 6.92 Å². The molecular formula is C20H26N6O3. The van der Waals surface area contributed by atoms with Gasteiger partial charge in [0.25, 0.3) is 5.91 Å². The normalized spacial score (nSPS) is 11.4. The Hall–Kier alpha value is -3.23. The van der Waals surface area contributed by atoms with Crippen LogP contribution >= 0.6 is 0 Å². The SMILES string of the molecule is Cc1cc(NC(=O)CN(C)C(=O)c2cc(C(C)C)nc3c2cnn3C(C)C)no1. The van der Waals surface area contributed by atoms with E-state index < -0.39 is 0 Å². The second kappa shape index (κ2) is 8.02. The van der Waals surface area contributed by atoms with Gasteiger partial charge in [0.15, 0.2) is 11.5 Å². The van der Waals surface area contributed by atoms with Gasteiger partial charge in [0.2, 0.25) is 5.91 Å². The minimum absolute atomic E-state index is 0.111. The van der Waals surface area contributed by atoms with Crippen molar-refractivity contribution in [2.24, 2.45) is 0 Å². The first kappa shape index (κ1) is 20.5. The number of aryl methyl sites for hydroxylation is 1. The zero-order chi connectivity index (χ0) is 21.3. The van der Waals surface area contributed by atoms with Gasteiger partial charge in [0, 0.05) is 24.8 Å². The van der Waals surface area contributed by atoms with Crippen LogP contribution in [-0.2, 0) is 4.79 Å². The van der Waals surface area contributed by atoms with E-state index in [1.807, 2.05) is 27.7 Å². The molecule has 3 aromatic rings. The van der Waals surface area contributed by atoms with E-state index in [1.165, 1.54) is 4.90 Å². The molecule has 0 atom stereocenters. The second-order valence-electron chi connectivity index (χ2n) is 7.70. The van der Waals surface area contributed by atoms with Crippen molar-refractivity contribution in [2.75, 3.05) is 18.9 Å². The predicted octanol–water partition coefficient (Wildman–Crippen LogP) is 3.14. The topological polar surface area (TPSA) is 106 Å². The number of carbonyl (C=O) groups is 2. The molecule has 154 valence electrons. The highest BCUT2D eigenvalue weighted by Crippen LogP contribution is 2.25. The number of rotatable bonds is 6. The molecule has 1 N–H and O–H groups in total. The summed E-state index contributed by atoms with van der Waals surface area (Å²) in [5.74, 6) is 0.424. The van der Waals surface area contributed by atoms with Crippen molar-refractivity contribution in [1.29, 1.82) is 0 Å². The van der Waals surface area contributed by atoms with Crippen LogP contribution in [0.25, 0.3) is 11.0 Å². The zero-order valence-corrected chi connectivity index (χ0v) is 17.6. The maximum absolute atomic E-state index is 13.2. The van der Waals surface area contributed by atoms with Gasteiger partial charge in [-0.25, -0.2) is 9.67 Å². The molecule has 3 heterocycles. The lowest BCUT2D eigenvalue weighted by Gasteiger charge is -2.18. The first-order valence-electron chi connectivity index (χ1n) is 9.54. The van der Waals surface area contributed by atoms with E-state index in [0.29, 0.717) is 28.2 Å². The number of nitrogens with zero attached hydrogens (tertiary/aromatic N) is 5. The van der Waals surface area contributed by atoms with Crippen LogP contribution in [0.5, 0.6) is 0 Å². The quantitative estimate of drug-likeness (QED) is 0.684. The van der Waals surface area contributed by atoms with Gasteiger partial charge in [-0.2, -0.15) is 5.10 Å². The Labute approximate surface area is 169 Å². The molecule has 0 saturated heterocycles. The molecule has 0 aliphatic rings. The number of fused-ring (bicyclic) bond motifs is 1. The monoisotopic (exact) mass is 398 g/mol. The third-order valence-corrected chi connectivity index (χ3v) is 4.52. The van der Waals surface area contributed by atoms with Crippen LogP contribution in [0.2, 0.25) is 0 Å². The summed E-state index contributed by atoms with van der Waals surface area (Å²) in [4.78, 5) is 31.5. The second-order valence-corrected chi connectivity index (χ2v) is 7.70. The zero-order valence-electron chi connectivity index (χ0n) is 17.6. The highest BCUT2D eigenvalue weighted by atomic mass is 16.5. The fourth-order valence-electron chi connectivity index (χ4n) is 2.99. The van der Waals surface area contributed by atoms with E-state index in [9.17, 15) is 9.59 Å². The van der Waals surface area contributed by atoms with E-state index in [2.05, 4.69) is 15.6 Å². The summed E-state index contributed by atoms with van der Waals surface area (Å²) in [5, 5.41) is 11.4. The van der Waals surface area contributed by atoms with Gasteiger partial charge in [-0.1, -0.05) is 19.0 Å². The molecule has 0 spiro atoms. The highest BCUT2D eigenvalue weighted by molar-refractivity contribution is 6.07. The van der Waals surface area contributed by atoms with E-state index in [0.717, 1.165) is 5.69 Å². The minimum Gasteiger partial charge on any atom is -0.360 e. The Morgan fingerprint density at radius 1 is 1.24 bits per heavy atom. The number of hydrogen-bond acceptors (Lipinski definition) is 6. The third-order valence-electron chi connectivity index (χ3n) is 4.52. The molecule has 2 amide bonds. The molecule has 0 aromatic carbocycles. The highest BCUT2D eigenvalue weighted by Gasteiger charge is 2.22. The minimum atomic E-state index is -0.360. The molecule has 0 bridgehead atoms. The Bertz CT molecular complexity index is 1050. The molecule has 0 aliphatic carbocycles. The van der Waals surface area contributed by atoms with Crippen LogP contribution < -0.4 is 5.32 Å². The van der Waals surface area contributed by atoms with Gasteiger partial charge >= 0.3 is 0 Å². The number of likely N-dealkylation sites (N-methyl/N-ethyl adjacent to an activating group) is 1. The maximum atomic E-state index is 13.2. The van der Waals surface area contributed by atoms with Crippen LogP contribution in [0.4, 0.5) is 5.82 Å². The van der Waals surface area contributed by atoms with Gasteiger partial charge in [-0.15, -0.1) is 0 Å². The number of nitrogens with one attached hydrogen (secondary N) is 1. The maximum Gasteiger partial charge on any atom is 0.254 e. The summed E-state index contributed by atoms with van der Waals surface area (Å²) in [6.45, 7) is 9.69. The molecule has 0 aliphatic heterocycles. The van der Waals surface area contributed by atoms with Gasteiger partial charge < -0.3 is 14.7 Å². The van der Waals surface area contributed by atoms with Crippen molar-refractivity contribution in [3.05, 3.63) is 35.3 Å². The molecular weight excluding hydrogens is 372 g/mol. The summed E-state index contributed by atoms with van der Waals surface area (Å²) < 4.78 is 6.73. The van der Waals surface area contributed by atoms with Gasteiger partial charge in [0.05, 0.1) is 23.7 Å². The smallest absolute Gasteiger partial charge is 0.254 e. The molecule has 9 heteroatoms. The number of hydrogen-bond donors (Lipinski definition) is 1. The molecule has 0 saturated carbocycles. The van der Waals surface area contributed by atoms with Gasteiger partial charge in [-0.05, 0) is 32.8 Å². The molecule has 3 aromatic heterocycles. The lowest BCUT2D eigenvalue weighted by molar-refractivity contribution is -0.116. The molecule has 3 rings (SSSR count). The largest absolute Gasteiger partial charge is 0.360 e. The number of pyridine rings is 1. The fraction of sp³-hybridized carbons (Fsp3) is 0.450. The lowest BCUT2D eigenvalue weighted by Crippen LogP contribution is -2.35. The Morgan fingerprint density at radius 2 is 1.97 bits per heavy atom. The average molecular weight is 398 g/mol. The van der Waals surface area contributed by atoms with Gasteiger partial charge in [-0.3, -0.25) is 9.59 Å². The van der Waals surface area contributed by atoms with E-state index in [-0.39, 0.29) is 30.3 Å². The van der Waals surface area contributed by atoms with Gasteiger partial charge in [0.1, 0.15) is 5.76 Å². The molecule has 0 fully saturated rings. The molecule has 29 heavy (non-hydrogen) atoms. The first-order valence-corrected chi connectivity index (χ1v) is 9.54. The summed E-state index contributed by atoms with van der Waals surface area (Å²) in [5.41, 5.74) is 1.96. The summed E-state index contributed by atoms with van der Waals surface area (Å²) in [6.07, 6.45) is 1.66.